The van der Waals surface area contributed by atoms with Gasteiger partial charge < -0.3 is 20.1 Å². The molecule has 0 atom stereocenters. The van der Waals surface area contributed by atoms with E-state index in [2.05, 4.69) is 17.6 Å². The van der Waals surface area contributed by atoms with Crippen molar-refractivity contribution in [1.82, 2.24) is 5.32 Å². The highest BCUT2D eigenvalue weighted by atomic mass is 32.1. The maximum absolute atomic E-state index is 5.37. The molecule has 1 aromatic carbocycles. The molecule has 0 spiro atoms. The highest BCUT2D eigenvalue weighted by molar-refractivity contribution is 7.80. The molecule has 1 aromatic rings. The van der Waals surface area contributed by atoms with E-state index in [1.165, 1.54) is 57.8 Å². The van der Waals surface area contributed by atoms with Crippen LogP contribution in [0.1, 0.15) is 71.1 Å². The molecular weight excluding hydrogens is 344 g/mol. The third kappa shape index (κ3) is 9.85. The van der Waals surface area contributed by atoms with E-state index in [1.54, 1.807) is 14.2 Å². The lowest BCUT2D eigenvalue weighted by atomic mass is 10.1. The molecule has 0 aromatic heterocycles. The number of hydrogen-bond donors (Lipinski definition) is 2. The summed E-state index contributed by atoms with van der Waals surface area (Å²) in [5.41, 5.74) is 0.812. The number of anilines is 1. The van der Waals surface area contributed by atoms with Crippen molar-refractivity contribution >= 4 is 23.0 Å². The molecule has 0 bridgehead atoms. The number of benzene rings is 1. The maximum Gasteiger partial charge on any atom is 0.170 e. The van der Waals surface area contributed by atoms with Crippen LogP contribution in [0, 0.1) is 0 Å². The van der Waals surface area contributed by atoms with Crippen molar-refractivity contribution in [3.8, 4) is 11.5 Å². The van der Waals surface area contributed by atoms with Crippen LogP contribution in [0.3, 0.4) is 0 Å². The molecular formula is C21H36N2O2S. The summed E-state index contributed by atoms with van der Waals surface area (Å²) in [4.78, 5) is 0. The molecule has 4 nitrogen and oxygen atoms in total. The Morgan fingerprint density at radius 1 is 0.885 bits per heavy atom. The van der Waals surface area contributed by atoms with E-state index in [4.69, 9.17) is 21.7 Å². The summed E-state index contributed by atoms with van der Waals surface area (Å²) < 4.78 is 10.6. The summed E-state index contributed by atoms with van der Waals surface area (Å²) >= 11 is 5.37. The van der Waals surface area contributed by atoms with Crippen molar-refractivity contribution in [2.24, 2.45) is 0 Å². The van der Waals surface area contributed by atoms with Gasteiger partial charge in [-0.1, -0.05) is 64.7 Å². The normalized spacial score (nSPS) is 10.4. The molecule has 0 radical (unpaired) electrons. The van der Waals surface area contributed by atoms with Crippen molar-refractivity contribution < 1.29 is 9.47 Å². The molecule has 0 aliphatic carbocycles. The number of methoxy groups -OCH3 is 2. The summed E-state index contributed by atoms with van der Waals surface area (Å²) in [5, 5.41) is 7.07. The zero-order valence-corrected chi connectivity index (χ0v) is 17.6. The summed E-state index contributed by atoms with van der Waals surface area (Å²) in [7, 11) is 3.29. The van der Waals surface area contributed by atoms with Gasteiger partial charge in [-0.25, -0.2) is 0 Å². The lowest BCUT2D eigenvalue weighted by molar-refractivity contribution is 0.405. The van der Waals surface area contributed by atoms with Gasteiger partial charge >= 0.3 is 0 Å². The van der Waals surface area contributed by atoms with Gasteiger partial charge in [-0.15, -0.1) is 0 Å². The molecule has 0 unspecified atom stereocenters. The SMILES string of the molecule is CCCCCCCCCCCCNC(=S)Nc1cc(OC)ccc1OC. The van der Waals surface area contributed by atoms with Gasteiger partial charge in [0.25, 0.3) is 0 Å². The van der Waals surface area contributed by atoms with Crippen LogP contribution in [0.15, 0.2) is 18.2 Å². The van der Waals surface area contributed by atoms with Gasteiger partial charge in [0, 0.05) is 12.6 Å². The van der Waals surface area contributed by atoms with Gasteiger partial charge in [0.1, 0.15) is 11.5 Å². The van der Waals surface area contributed by atoms with Crippen LogP contribution in [0.25, 0.3) is 0 Å². The van der Waals surface area contributed by atoms with Gasteiger partial charge in [0.2, 0.25) is 0 Å². The number of ether oxygens (including phenoxy) is 2. The first kappa shape index (κ1) is 22.6. The monoisotopic (exact) mass is 380 g/mol. The topological polar surface area (TPSA) is 42.5 Å². The van der Waals surface area contributed by atoms with E-state index >= 15 is 0 Å². The molecule has 5 heteroatoms. The Kier molecular flexibility index (Phi) is 12.7. The van der Waals surface area contributed by atoms with Crippen LogP contribution < -0.4 is 20.1 Å². The summed E-state index contributed by atoms with van der Waals surface area (Å²) in [5.74, 6) is 1.51. The Bertz CT molecular complexity index is 509. The minimum absolute atomic E-state index is 0.618. The van der Waals surface area contributed by atoms with E-state index in [-0.39, 0.29) is 0 Å². The van der Waals surface area contributed by atoms with Crippen molar-refractivity contribution in [3.05, 3.63) is 18.2 Å². The number of thiocarbonyl (C=S) groups is 1. The highest BCUT2D eigenvalue weighted by Gasteiger charge is 2.06. The molecule has 26 heavy (non-hydrogen) atoms. The number of rotatable bonds is 14. The van der Waals surface area contributed by atoms with Crippen LogP contribution >= 0.6 is 12.2 Å². The molecule has 0 amide bonds. The van der Waals surface area contributed by atoms with E-state index in [0.717, 1.165) is 30.2 Å². The highest BCUT2D eigenvalue weighted by Crippen LogP contribution is 2.28. The first-order chi connectivity index (χ1) is 12.7. The molecule has 0 aliphatic heterocycles. The van der Waals surface area contributed by atoms with Crippen molar-refractivity contribution in [1.29, 1.82) is 0 Å². The smallest absolute Gasteiger partial charge is 0.170 e. The molecule has 2 N–H and O–H groups in total. The first-order valence-electron chi connectivity index (χ1n) is 9.98. The third-order valence-electron chi connectivity index (χ3n) is 4.47. The lowest BCUT2D eigenvalue weighted by Crippen LogP contribution is -2.29. The van der Waals surface area contributed by atoms with Gasteiger partial charge in [-0.05, 0) is 30.8 Å². The summed E-state index contributed by atoms with van der Waals surface area (Å²) in [6.45, 7) is 3.16. The minimum Gasteiger partial charge on any atom is -0.497 e. The molecule has 148 valence electrons. The third-order valence-corrected chi connectivity index (χ3v) is 4.72. The van der Waals surface area contributed by atoms with E-state index in [1.807, 2.05) is 18.2 Å². The first-order valence-corrected chi connectivity index (χ1v) is 10.4. The average Bonchev–Trinajstić information content (AvgIpc) is 2.66. The number of unbranched alkanes of at least 4 members (excludes halogenated alkanes) is 9. The molecule has 0 fully saturated rings. The van der Waals surface area contributed by atoms with E-state index in [0.29, 0.717) is 5.11 Å². The molecule has 0 aliphatic rings. The molecule has 0 heterocycles. The zero-order valence-electron chi connectivity index (χ0n) is 16.7. The largest absolute Gasteiger partial charge is 0.497 e. The van der Waals surface area contributed by atoms with E-state index < -0.39 is 0 Å². The average molecular weight is 381 g/mol. The Hall–Kier alpha value is -1.49. The van der Waals surface area contributed by atoms with Crippen LogP contribution in [-0.4, -0.2) is 25.9 Å². The number of hydrogen-bond acceptors (Lipinski definition) is 3. The van der Waals surface area contributed by atoms with Gasteiger partial charge in [-0.2, -0.15) is 0 Å². The molecule has 0 saturated heterocycles. The van der Waals surface area contributed by atoms with Crippen molar-refractivity contribution in [3.63, 3.8) is 0 Å². The van der Waals surface area contributed by atoms with Crippen LogP contribution in [0.4, 0.5) is 5.69 Å². The second kappa shape index (κ2) is 14.7. The fourth-order valence-electron chi connectivity index (χ4n) is 2.89. The Balaban J connectivity index is 2.10. The van der Waals surface area contributed by atoms with Crippen molar-refractivity contribution in [2.45, 2.75) is 71.1 Å². The standard InChI is InChI=1S/C21H36N2O2S/c1-4-5-6-7-8-9-10-11-12-13-16-22-21(26)23-19-17-18(24-2)14-15-20(19)25-3/h14-15,17H,4-13,16H2,1-3H3,(H2,22,23,26). The Morgan fingerprint density at radius 3 is 2.08 bits per heavy atom. The Morgan fingerprint density at radius 2 is 1.50 bits per heavy atom. The van der Waals surface area contributed by atoms with Gasteiger partial charge in [0.05, 0.1) is 19.9 Å². The molecule has 0 saturated carbocycles. The predicted octanol–water partition coefficient (Wildman–Crippen LogP) is 5.91. The van der Waals surface area contributed by atoms with Gasteiger partial charge in [-0.3, -0.25) is 0 Å². The summed E-state index contributed by atoms with van der Waals surface area (Å²) in [6.07, 6.45) is 13.4. The lowest BCUT2D eigenvalue weighted by Gasteiger charge is -2.14. The van der Waals surface area contributed by atoms with Crippen LogP contribution in [-0.2, 0) is 0 Å². The predicted molar refractivity (Wildman–Crippen MR) is 116 cm³/mol. The minimum atomic E-state index is 0.618. The second-order valence-corrected chi connectivity index (χ2v) is 7.04. The number of nitrogens with one attached hydrogen (secondary N) is 2. The quantitative estimate of drug-likeness (QED) is 0.310. The fourth-order valence-corrected chi connectivity index (χ4v) is 3.10. The van der Waals surface area contributed by atoms with E-state index in [9.17, 15) is 0 Å². The van der Waals surface area contributed by atoms with Gasteiger partial charge in [0.15, 0.2) is 5.11 Å². The Labute approximate surface area is 165 Å². The van der Waals surface area contributed by atoms with Crippen LogP contribution in [0.2, 0.25) is 0 Å². The maximum atomic E-state index is 5.37. The molecule has 1 rings (SSSR count). The zero-order chi connectivity index (χ0) is 19.0. The second-order valence-electron chi connectivity index (χ2n) is 6.63. The summed E-state index contributed by atoms with van der Waals surface area (Å²) in [6, 6.07) is 5.61. The fraction of sp³-hybridized carbons (Fsp3) is 0.667. The van der Waals surface area contributed by atoms with Crippen LogP contribution in [0.5, 0.6) is 11.5 Å². The van der Waals surface area contributed by atoms with Crippen molar-refractivity contribution in [2.75, 3.05) is 26.1 Å².